The van der Waals surface area contributed by atoms with Crippen LogP contribution in [0.4, 0.5) is 10.5 Å². The molecule has 0 fully saturated rings. The predicted octanol–water partition coefficient (Wildman–Crippen LogP) is 5.93. The number of fused-ring (bicyclic) bond motifs is 1. The van der Waals surface area contributed by atoms with Gasteiger partial charge in [-0.05, 0) is 30.9 Å². The van der Waals surface area contributed by atoms with Crippen LogP contribution in [-0.2, 0) is 11.2 Å². The molecular weight excluding hydrogens is 414 g/mol. The zero-order valence-electron chi connectivity index (χ0n) is 21.3. The van der Waals surface area contributed by atoms with E-state index < -0.39 is 5.41 Å². The first-order valence-electron chi connectivity index (χ1n) is 12.8. The summed E-state index contributed by atoms with van der Waals surface area (Å²) >= 11 is 0. The first kappa shape index (κ1) is 26.9. The van der Waals surface area contributed by atoms with Crippen molar-refractivity contribution in [2.75, 3.05) is 24.5 Å². The summed E-state index contributed by atoms with van der Waals surface area (Å²) in [5, 5.41) is 2.94. The number of hydrogen-bond donors (Lipinski definition) is 1. The summed E-state index contributed by atoms with van der Waals surface area (Å²) < 4.78 is 0. The highest BCUT2D eigenvalue weighted by Gasteiger charge is 2.36. The Morgan fingerprint density at radius 2 is 1.64 bits per heavy atom. The van der Waals surface area contributed by atoms with Crippen LogP contribution >= 0.6 is 0 Å². The van der Waals surface area contributed by atoms with Gasteiger partial charge >= 0.3 is 6.03 Å². The quantitative estimate of drug-likeness (QED) is 0.418. The highest BCUT2D eigenvalue weighted by atomic mass is 16.2. The first-order valence-corrected chi connectivity index (χ1v) is 12.8. The Morgan fingerprint density at radius 1 is 0.970 bits per heavy atom. The highest BCUT2D eigenvalue weighted by molar-refractivity contribution is 6.11. The molecule has 2 rings (SSSR count). The van der Waals surface area contributed by atoms with Crippen molar-refractivity contribution >= 4 is 23.5 Å². The van der Waals surface area contributed by atoms with E-state index in [0.717, 1.165) is 63.4 Å². The molecule has 33 heavy (non-hydrogen) atoms. The number of para-hydroxylation sites is 1. The average Bonchev–Trinajstić information content (AvgIpc) is 3.21. The lowest BCUT2D eigenvalue weighted by Crippen LogP contribution is -2.45. The van der Waals surface area contributed by atoms with Gasteiger partial charge in [0.25, 0.3) is 5.91 Å². The third-order valence-corrected chi connectivity index (χ3v) is 6.14. The molecule has 1 aromatic rings. The largest absolute Gasteiger partial charge is 0.338 e. The molecule has 0 unspecified atom stereocenters. The third kappa shape index (κ3) is 7.31. The number of hydrogen-bond acceptors (Lipinski definition) is 3. The van der Waals surface area contributed by atoms with Crippen molar-refractivity contribution in [2.45, 2.75) is 92.4 Å². The molecule has 1 heterocycles. The summed E-state index contributed by atoms with van der Waals surface area (Å²) in [6.45, 7) is 11.5. The Hall–Kier alpha value is -2.37. The van der Waals surface area contributed by atoms with Crippen LogP contribution in [0.1, 0.15) is 102 Å². The number of rotatable bonds is 11. The molecule has 1 aliphatic heterocycles. The molecule has 0 bridgehead atoms. The van der Waals surface area contributed by atoms with Gasteiger partial charge in [0.05, 0.1) is 11.3 Å². The fourth-order valence-corrected chi connectivity index (χ4v) is 4.22. The zero-order chi connectivity index (χ0) is 24.4. The smallest absolute Gasteiger partial charge is 0.324 e. The number of nitrogens with one attached hydrogen (secondary N) is 1. The molecule has 1 N–H and O–H groups in total. The fourth-order valence-electron chi connectivity index (χ4n) is 4.22. The van der Waals surface area contributed by atoms with Crippen LogP contribution in [0.25, 0.3) is 0 Å². The van der Waals surface area contributed by atoms with Gasteiger partial charge in [-0.15, -0.1) is 0 Å². The molecule has 6 nitrogen and oxygen atoms in total. The molecule has 4 amide bonds. The van der Waals surface area contributed by atoms with E-state index in [1.165, 1.54) is 4.90 Å². The molecule has 1 aliphatic rings. The van der Waals surface area contributed by atoms with Crippen LogP contribution in [0, 0.1) is 5.41 Å². The van der Waals surface area contributed by atoms with E-state index in [2.05, 4.69) is 19.2 Å². The normalized spacial score (nSPS) is 13.1. The maximum Gasteiger partial charge on any atom is 0.324 e. The van der Waals surface area contributed by atoms with E-state index in [-0.39, 0.29) is 17.8 Å². The first-order chi connectivity index (χ1) is 15.7. The van der Waals surface area contributed by atoms with E-state index in [4.69, 9.17) is 0 Å². The number of carbonyl (C=O) groups excluding carboxylic acids is 3. The van der Waals surface area contributed by atoms with Gasteiger partial charge in [0.1, 0.15) is 0 Å². The Morgan fingerprint density at radius 3 is 2.27 bits per heavy atom. The Balaban J connectivity index is 2.26. The number of carbonyl (C=O) groups is 3. The second kappa shape index (κ2) is 12.8. The molecule has 0 atom stereocenters. The molecule has 0 saturated carbocycles. The van der Waals surface area contributed by atoms with Crippen LogP contribution in [0.2, 0.25) is 0 Å². The zero-order valence-corrected chi connectivity index (χ0v) is 21.3. The summed E-state index contributed by atoms with van der Waals surface area (Å²) in [4.78, 5) is 42.9. The molecule has 1 aromatic carbocycles. The van der Waals surface area contributed by atoms with Gasteiger partial charge in [0.2, 0.25) is 5.91 Å². The third-order valence-electron chi connectivity index (χ3n) is 6.14. The van der Waals surface area contributed by atoms with Crippen molar-refractivity contribution in [3.05, 3.63) is 29.3 Å². The van der Waals surface area contributed by atoms with Crippen LogP contribution in [-0.4, -0.2) is 42.4 Å². The van der Waals surface area contributed by atoms with Gasteiger partial charge in [-0.25, -0.2) is 4.79 Å². The van der Waals surface area contributed by atoms with Crippen LogP contribution < -0.4 is 10.2 Å². The van der Waals surface area contributed by atoms with E-state index in [1.807, 2.05) is 32.9 Å². The second-order valence-electron chi connectivity index (χ2n) is 10.1. The molecule has 0 saturated heterocycles. The molecule has 6 heteroatoms. The minimum atomic E-state index is -0.548. The van der Waals surface area contributed by atoms with Crippen molar-refractivity contribution in [1.29, 1.82) is 0 Å². The molecule has 0 spiro atoms. The van der Waals surface area contributed by atoms with Gasteiger partial charge in [-0.1, -0.05) is 85.3 Å². The Bertz CT molecular complexity index is 813. The number of amides is 4. The van der Waals surface area contributed by atoms with E-state index in [9.17, 15) is 14.4 Å². The summed E-state index contributed by atoms with van der Waals surface area (Å²) in [5.41, 5.74) is 1.56. The Labute approximate surface area is 200 Å². The SMILES string of the molecule is CCCCCCNC(=O)N(CCCCCC)C(=O)c1cccc2c1N(C(=O)C(C)(C)C)CC2. The number of urea groups is 1. The monoisotopic (exact) mass is 457 g/mol. The topological polar surface area (TPSA) is 69.7 Å². The highest BCUT2D eigenvalue weighted by Crippen LogP contribution is 2.35. The molecule has 0 aliphatic carbocycles. The minimum Gasteiger partial charge on any atom is -0.338 e. The lowest BCUT2D eigenvalue weighted by atomic mass is 9.94. The van der Waals surface area contributed by atoms with Crippen LogP contribution in [0.3, 0.4) is 0 Å². The summed E-state index contributed by atoms with van der Waals surface area (Å²) in [7, 11) is 0. The predicted molar refractivity (Wildman–Crippen MR) is 135 cm³/mol. The van der Waals surface area contributed by atoms with Crippen molar-refractivity contribution in [3.63, 3.8) is 0 Å². The Kier molecular flexibility index (Phi) is 10.4. The number of anilines is 1. The lowest BCUT2D eigenvalue weighted by Gasteiger charge is -2.29. The molecule has 184 valence electrons. The van der Waals surface area contributed by atoms with Crippen molar-refractivity contribution in [3.8, 4) is 0 Å². The standard InChI is InChI=1S/C27H43N3O3/c1-6-8-10-12-18-28-26(33)30(19-13-11-9-7-2)24(31)22-16-14-15-21-17-20-29(23(21)22)25(32)27(3,4)5/h14-16H,6-13,17-20H2,1-5H3,(H,28,33). The number of nitrogens with zero attached hydrogens (tertiary/aromatic N) is 2. The van der Waals surface area contributed by atoms with Crippen LogP contribution in [0.15, 0.2) is 18.2 Å². The lowest BCUT2D eigenvalue weighted by molar-refractivity contribution is -0.125. The van der Waals surface area contributed by atoms with E-state index in [0.29, 0.717) is 30.9 Å². The van der Waals surface area contributed by atoms with Gasteiger partial charge < -0.3 is 10.2 Å². The van der Waals surface area contributed by atoms with Crippen LogP contribution in [0.5, 0.6) is 0 Å². The fraction of sp³-hybridized carbons (Fsp3) is 0.667. The van der Waals surface area contributed by atoms with Crippen molar-refractivity contribution in [2.24, 2.45) is 5.41 Å². The maximum absolute atomic E-state index is 13.7. The minimum absolute atomic E-state index is 0.00336. The summed E-state index contributed by atoms with van der Waals surface area (Å²) in [6.07, 6.45) is 8.90. The van der Waals surface area contributed by atoms with E-state index >= 15 is 0 Å². The average molecular weight is 458 g/mol. The van der Waals surface area contributed by atoms with Gasteiger partial charge in [0, 0.05) is 25.0 Å². The number of imide groups is 1. The van der Waals surface area contributed by atoms with Gasteiger partial charge in [-0.2, -0.15) is 0 Å². The molecule has 0 aromatic heterocycles. The van der Waals surface area contributed by atoms with Crippen molar-refractivity contribution < 1.29 is 14.4 Å². The van der Waals surface area contributed by atoms with Crippen molar-refractivity contribution in [1.82, 2.24) is 10.2 Å². The van der Waals surface area contributed by atoms with Gasteiger partial charge in [-0.3, -0.25) is 14.5 Å². The maximum atomic E-state index is 13.7. The molecule has 0 radical (unpaired) electrons. The van der Waals surface area contributed by atoms with Gasteiger partial charge in [0.15, 0.2) is 0 Å². The molecular formula is C27H43N3O3. The van der Waals surface area contributed by atoms with E-state index in [1.54, 1.807) is 11.0 Å². The second-order valence-corrected chi connectivity index (χ2v) is 10.1. The summed E-state index contributed by atoms with van der Waals surface area (Å²) in [5.74, 6) is -0.320. The number of unbranched alkanes of at least 4 members (excludes halogenated alkanes) is 6. The summed E-state index contributed by atoms with van der Waals surface area (Å²) in [6, 6.07) is 5.25. The number of benzene rings is 1.